The molecular weight excluding hydrogens is 918 g/mol. The molecule has 1 atom stereocenters. The second-order valence-electron chi connectivity index (χ2n) is 18.1. The van der Waals surface area contributed by atoms with Crippen molar-refractivity contribution < 1.29 is 52.2 Å². The molecule has 20 heteroatoms. The number of ether oxygens (including phenoxy) is 2. The van der Waals surface area contributed by atoms with Gasteiger partial charge in [0.25, 0.3) is 17.7 Å². The Morgan fingerprint density at radius 1 is 0.746 bits per heavy atom. The Morgan fingerprint density at radius 2 is 1.39 bits per heavy atom. The number of imide groups is 2. The van der Waals surface area contributed by atoms with Gasteiger partial charge in [-0.3, -0.25) is 58.5 Å². The summed E-state index contributed by atoms with van der Waals surface area (Å²) in [5, 5.41) is 8.32. The van der Waals surface area contributed by atoms with Gasteiger partial charge >= 0.3 is 0 Å². The Balaban J connectivity index is 0.706. The van der Waals surface area contributed by atoms with Gasteiger partial charge in [-0.15, -0.1) is 0 Å². The molecule has 1 unspecified atom stereocenters. The molecular formula is C51H48FN9O10. The third-order valence-electron chi connectivity index (χ3n) is 13.8. The summed E-state index contributed by atoms with van der Waals surface area (Å²) in [4.78, 5) is 117. The first-order valence-electron chi connectivity index (χ1n) is 23.3. The van der Waals surface area contributed by atoms with E-state index in [0.29, 0.717) is 110 Å². The maximum Gasteiger partial charge on any atom is 0.262 e. The predicted octanol–water partition coefficient (Wildman–Crippen LogP) is 4.04. The molecule has 8 amide bonds. The molecule has 19 nitrogen and oxygen atoms in total. The van der Waals surface area contributed by atoms with E-state index in [9.17, 15) is 42.7 Å². The van der Waals surface area contributed by atoms with Gasteiger partial charge in [-0.1, -0.05) is 0 Å². The van der Waals surface area contributed by atoms with Gasteiger partial charge in [0.15, 0.2) is 0 Å². The van der Waals surface area contributed by atoms with Gasteiger partial charge in [-0.2, -0.15) is 0 Å². The largest absolute Gasteiger partial charge is 0.496 e. The number of benzene rings is 4. The Labute approximate surface area is 405 Å². The number of pyridine rings is 1. The van der Waals surface area contributed by atoms with E-state index in [-0.39, 0.29) is 42.3 Å². The molecule has 4 fully saturated rings. The van der Waals surface area contributed by atoms with Crippen LogP contribution in [0.1, 0.15) is 56.8 Å². The lowest BCUT2D eigenvalue weighted by Crippen LogP contribution is -2.54. The summed E-state index contributed by atoms with van der Waals surface area (Å²) in [6.45, 7) is 3.85. The highest BCUT2D eigenvalue weighted by atomic mass is 19.1. The Bertz CT molecular complexity index is 3020. The number of piperidine rings is 1. The molecule has 1 saturated carbocycles. The van der Waals surface area contributed by atoms with E-state index in [1.807, 2.05) is 0 Å². The van der Waals surface area contributed by atoms with Crippen LogP contribution in [0.5, 0.6) is 17.2 Å². The summed E-state index contributed by atoms with van der Waals surface area (Å²) in [6.07, 6.45) is 2.47. The number of methoxy groups -OCH3 is 1. The summed E-state index contributed by atoms with van der Waals surface area (Å²) in [5.41, 5.74) is 1.64. The van der Waals surface area contributed by atoms with E-state index < -0.39 is 52.7 Å². The smallest absolute Gasteiger partial charge is 0.262 e. The number of halogens is 1. The van der Waals surface area contributed by atoms with Crippen LogP contribution >= 0.6 is 0 Å². The number of rotatable bonds is 12. The third-order valence-corrected chi connectivity index (χ3v) is 13.8. The highest BCUT2D eigenvalue weighted by molar-refractivity contribution is 6.24. The zero-order chi connectivity index (χ0) is 49.6. The van der Waals surface area contributed by atoms with Crippen molar-refractivity contribution in [1.29, 1.82) is 0 Å². The molecule has 3 N–H and O–H groups in total. The normalized spacial score (nSPS) is 18.8. The number of anilines is 3. The third kappa shape index (κ3) is 9.20. The van der Waals surface area contributed by atoms with Crippen molar-refractivity contribution in [2.24, 2.45) is 5.41 Å². The fourth-order valence-corrected chi connectivity index (χ4v) is 9.46. The standard InChI is InChI=1S/C51H48FN9O10/c1-70-42-28-37-39(53-17-14-41(37)71-34-9-6-32(7-10-34)55-50(69)51(15-16-51)49(68)54-31-4-2-30(52)3-5-31)27-38(42)46(65)60-24-22-59(23-25-60)44(63)29-57-18-20-58(21-19-57)33-8-11-35-36(26-33)48(67)61(47(35)66)40-12-13-43(62)56-45(40)64/h2-11,14,17,26-28,40H,12-13,15-16,18-25,29H2,1H3,(H,54,68)(H,55,69)(H,56,62,64). The molecule has 0 radical (unpaired) electrons. The van der Waals surface area contributed by atoms with E-state index in [4.69, 9.17) is 9.47 Å². The lowest BCUT2D eigenvalue weighted by molar-refractivity contribution is -0.136. The van der Waals surface area contributed by atoms with Crippen LogP contribution in [0.2, 0.25) is 0 Å². The van der Waals surface area contributed by atoms with E-state index in [2.05, 4.69) is 30.7 Å². The van der Waals surface area contributed by atoms with Gasteiger partial charge in [0.05, 0.1) is 35.9 Å². The zero-order valence-electron chi connectivity index (χ0n) is 38.6. The molecule has 5 aliphatic rings. The van der Waals surface area contributed by atoms with Crippen molar-refractivity contribution >= 4 is 75.2 Å². The fraction of sp³-hybridized carbons (Fsp3) is 0.314. The lowest BCUT2D eigenvalue weighted by atomic mass is 10.0. The van der Waals surface area contributed by atoms with Crippen LogP contribution in [0.25, 0.3) is 10.9 Å². The van der Waals surface area contributed by atoms with Crippen LogP contribution < -0.4 is 30.3 Å². The van der Waals surface area contributed by atoms with Crippen LogP contribution in [-0.4, -0.2) is 144 Å². The van der Waals surface area contributed by atoms with Crippen molar-refractivity contribution in [2.75, 3.05) is 81.5 Å². The average molecular weight is 966 g/mol. The van der Waals surface area contributed by atoms with Crippen LogP contribution in [0.15, 0.2) is 91.1 Å². The molecule has 4 aliphatic heterocycles. The number of aromatic nitrogens is 1. The van der Waals surface area contributed by atoms with Gasteiger partial charge in [-0.05, 0) is 104 Å². The second-order valence-corrected chi connectivity index (χ2v) is 18.1. The monoisotopic (exact) mass is 965 g/mol. The van der Waals surface area contributed by atoms with Gasteiger partial charge in [-0.25, -0.2) is 4.39 Å². The summed E-state index contributed by atoms with van der Waals surface area (Å²) < 4.78 is 25.3. The minimum absolute atomic E-state index is 0.0431. The summed E-state index contributed by atoms with van der Waals surface area (Å²) in [6, 6.07) is 21.1. The van der Waals surface area contributed by atoms with Crippen molar-refractivity contribution in [3.8, 4) is 17.2 Å². The number of nitrogens with one attached hydrogen (secondary N) is 3. The number of carbonyl (C=O) groups excluding carboxylic acids is 8. The molecule has 0 spiro atoms. The van der Waals surface area contributed by atoms with Gasteiger partial charge < -0.3 is 34.8 Å². The number of carbonyl (C=O) groups is 8. The number of fused-ring (bicyclic) bond motifs is 2. The van der Waals surface area contributed by atoms with E-state index in [1.165, 1.54) is 31.4 Å². The summed E-state index contributed by atoms with van der Waals surface area (Å²) in [7, 11) is 1.48. The summed E-state index contributed by atoms with van der Waals surface area (Å²) in [5.74, 6) is -2.63. The van der Waals surface area contributed by atoms with Gasteiger partial charge in [0, 0.05) is 87.4 Å². The molecule has 1 aliphatic carbocycles. The highest BCUT2D eigenvalue weighted by Crippen LogP contribution is 2.48. The van der Waals surface area contributed by atoms with Crippen LogP contribution in [0, 0.1) is 11.2 Å². The van der Waals surface area contributed by atoms with Gasteiger partial charge in [0.2, 0.25) is 29.5 Å². The average Bonchev–Trinajstić information content (AvgIpc) is 4.17. The number of amides is 8. The summed E-state index contributed by atoms with van der Waals surface area (Å²) >= 11 is 0. The fourth-order valence-electron chi connectivity index (χ4n) is 9.46. The van der Waals surface area contributed by atoms with E-state index >= 15 is 0 Å². The topological polar surface area (TPSA) is 220 Å². The molecule has 10 rings (SSSR count). The van der Waals surface area contributed by atoms with Crippen LogP contribution in [-0.2, 0) is 24.0 Å². The van der Waals surface area contributed by atoms with Crippen LogP contribution in [0.4, 0.5) is 21.5 Å². The first-order valence-corrected chi connectivity index (χ1v) is 23.3. The minimum atomic E-state index is -1.22. The van der Waals surface area contributed by atoms with E-state index in [1.54, 1.807) is 76.7 Å². The van der Waals surface area contributed by atoms with Crippen molar-refractivity contribution in [2.45, 2.75) is 31.7 Å². The molecule has 1 aromatic heterocycles. The minimum Gasteiger partial charge on any atom is -0.496 e. The quantitative estimate of drug-likeness (QED) is 0.119. The predicted molar refractivity (Wildman–Crippen MR) is 254 cm³/mol. The Hall–Kier alpha value is -8.26. The van der Waals surface area contributed by atoms with E-state index in [0.717, 1.165) is 10.6 Å². The molecule has 4 aromatic carbocycles. The Morgan fingerprint density at radius 3 is 2.04 bits per heavy atom. The molecule has 5 heterocycles. The molecule has 0 bridgehead atoms. The zero-order valence-corrected chi connectivity index (χ0v) is 38.6. The van der Waals surface area contributed by atoms with Gasteiger partial charge in [0.1, 0.15) is 34.5 Å². The molecule has 364 valence electrons. The first-order chi connectivity index (χ1) is 34.3. The molecule has 3 saturated heterocycles. The highest BCUT2D eigenvalue weighted by Gasteiger charge is 2.56. The SMILES string of the molecule is COc1cc2c(Oc3ccc(NC(=O)C4(C(=O)Nc5ccc(F)cc5)CC4)cc3)ccnc2cc1C(=O)N1CCN(C(=O)CN2CCN(c3ccc4c(c3)C(=O)N(C3CCC(=O)NC3=O)C4=O)CC2)CC1. The Kier molecular flexibility index (Phi) is 12.4. The van der Waals surface area contributed by atoms with Crippen molar-refractivity contribution in [1.82, 2.24) is 29.9 Å². The van der Waals surface area contributed by atoms with Crippen molar-refractivity contribution in [3.63, 3.8) is 0 Å². The number of nitrogens with zero attached hydrogens (tertiary/aromatic N) is 6. The molecule has 5 aromatic rings. The maximum atomic E-state index is 14.0. The number of hydrogen-bond donors (Lipinski definition) is 3. The lowest BCUT2D eigenvalue weighted by Gasteiger charge is -2.38. The van der Waals surface area contributed by atoms with Crippen molar-refractivity contribution in [3.05, 3.63) is 114 Å². The maximum absolute atomic E-state index is 14.0. The van der Waals surface area contributed by atoms with Crippen LogP contribution in [0.3, 0.4) is 0 Å². The number of piperazine rings is 2. The first kappa shape index (κ1) is 46.5. The molecule has 71 heavy (non-hydrogen) atoms. The number of hydrogen-bond acceptors (Lipinski definition) is 13. The second kappa shape index (κ2) is 18.9.